The van der Waals surface area contributed by atoms with Gasteiger partial charge in [0, 0.05) is 18.6 Å². The Kier molecular flexibility index (Phi) is 2.71. The highest BCUT2D eigenvalue weighted by Gasteiger charge is 2.15. The zero-order chi connectivity index (χ0) is 12.6. The first-order valence-corrected chi connectivity index (χ1v) is 4.70. The Bertz CT molecular complexity index is 613. The molecule has 0 aliphatic carbocycles. The summed E-state index contributed by atoms with van der Waals surface area (Å²) < 4.78 is 39.2. The number of nitrogens with one attached hydrogen (secondary N) is 1. The van der Waals surface area contributed by atoms with Crippen LogP contribution in [0.4, 0.5) is 13.2 Å². The van der Waals surface area contributed by atoms with Gasteiger partial charge >= 0.3 is 0 Å². The molecule has 1 amide bonds. The highest BCUT2D eigenvalue weighted by molar-refractivity contribution is 5.97. The second kappa shape index (κ2) is 4.04. The van der Waals surface area contributed by atoms with E-state index in [-0.39, 0.29) is 16.5 Å². The maximum absolute atomic E-state index is 13.3. The van der Waals surface area contributed by atoms with Crippen LogP contribution in [-0.2, 0) is 0 Å². The van der Waals surface area contributed by atoms with Gasteiger partial charge in [-0.3, -0.25) is 9.78 Å². The van der Waals surface area contributed by atoms with E-state index in [0.29, 0.717) is 0 Å². The lowest BCUT2D eigenvalue weighted by molar-refractivity contribution is 0.0963. The number of hydrogen-bond acceptors (Lipinski definition) is 2. The van der Waals surface area contributed by atoms with Crippen molar-refractivity contribution in [1.82, 2.24) is 10.3 Å². The number of nitrogens with zero attached hydrogens (tertiary/aromatic N) is 1. The largest absolute Gasteiger partial charge is 0.355 e. The topological polar surface area (TPSA) is 42.0 Å². The molecule has 2 rings (SSSR count). The van der Waals surface area contributed by atoms with Crippen molar-refractivity contribution in [2.45, 2.75) is 0 Å². The first-order chi connectivity index (χ1) is 8.04. The van der Waals surface area contributed by atoms with Crippen LogP contribution in [0.1, 0.15) is 10.4 Å². The minimum atomic E-state index is -1.57. The lowest BCUT2D eigenvalue weighted by atomic mass is 10.1. The number of aromatic nitrogens is 1. The minimum absolute atomic E-state index is 0.0301. The summed E-state index contributed by atoms with van der Waals surface area (Å²) in [5.74, 6) is -4.68. The standard InChI is InChI=1S/C11H7F3N2O/c1-15-11(17)6-2-5-3-7(12)8(13)9(14)10(5)16-4-6/h2-4H,1H3,(H,15,17). The van der Waals surface area contributed by atoms with Crippen molar-refractivity contribution in [3.63, 3.8) is 0 Å². The van der Waals surface area contributed by atoms with Crippen LogP contribution in [-0.4, -0.2) is 17.9 Å². The molecule has 1 aromatic carbocycles. The summed E-state index contributed by atoms with van der Waals surface area (Å²) in [4.78, 5) is 14.9. The van der Waals surface area contributed by atoms with E-state index in [0.717, 1.165) is 12.3 Å². The van der Waals surface area contributed by atoms with Gasteiger partial charge in [0.1, 0.15) is 5.52 Å². The van der Waals surface area contributed by atoms with E-state index in [1.165, 1.54) is 13.1 Å². The van der Waals surface area contributed by atoms with Crippen molar-refractivity contribution in [3.05, 3.63) is 41.3 Å². The summed E-state index contributed by atoms with van der Waals surface area (Å²) in [6.07, 6.45) is 1.10. The van der Waals surface area contributed by atoms with Crippen molar-refractivity contribution in [1.29, 1.82) is 0 Å². The van der Waals surface area contributed by atoms with Gasteiger partial charge in [-0.15, -0.1) is 0 Å². The van der Waals surface area contributed by atoms with Crippen LogP contribution < -0.4 is 5.32 Å². The van der Waals surface area contributed by atoms with Crippen LogP contribution in [0.2, 0.25) is 0 Å². The van der Waals surface area contributed by atoms with Crippen molar-refractivity contribution < 1.29 is 18.0 Å². The molecule has 17 heavy (non-hydrogen) atoms. The van der Waals surface area contributed by atoms with E-state index >= 15 is 0 Å². The molecule has 0 unspecified atom stereocenters. The van der Waals surface area contributed by atoms with E-state index in [2.05, 4.69) is 10.3 Å². The molecular formula is C11H7F3N2O. The third-order valence-corrected chi connectivity index (χ3v) is 2.30. The Morgan fingerprint density at radius 3 is 2.59 bits per heavy atom. The summed E-state index contributed by atoms with van der Waals surface area (Å²) in [7, 11) is 1.42. The predicted molar refractivity (Wildman–Crippen MR) is 55.0 cm³/mol. The Morgan fingerprint density at radius 1 is 1.24 bits per heavy atom. The van der Waals surface area contributed by atoms with Crippen molar-refractivity contribution in [3.8, 4) is 0 Å². The third-order valence-electron chi connectivity index (χ3n) is 2.30. The van der Waals surface area contributed by atoms with Crippen LogP contribution in [0.5, 0.6) is 0 Å². The van der Waals surface area contributed by atoms with Crippen LogP contribution in [0.15, 0.2) is 18.3 Å². The molecule has 0 saturated heterocycles. The second-order valence-corrected chi connectivity index (χ2v) is 3.36. The average molecular weight is 240 g/mol. The summed E-state index contributed by atoms with van der Waals surface area (Å²) in [6.45, 7) is 0. The van der Waals surface area contributed by atoms with Gasteiger partial charge in [-0.05, 0) is 12.1 Å². The normalized spacial score (nSPS) is 10.6. The van der Waals surface area contributed by atoms with E-state index in [1.807, 2.05) is 0 Å². The maximum Gasteiger partial charge on any atom is 0.252 e. The quantitative estimate of drug-likeness (QED) is 0.775. The van der Waals surface area contributed by atoms with E-state index in [1.54, 1.807) is 0 Å². The molecule has 0 spiro atoms. The molecule has 1 N–H and O–H groups in total. The van der Waals surface area contributed by atoms with E-state index in [9.17, 15) is 18.0 Å². The molecule has 0 fully saturated rings. The fourth-order valence-corrected chi connectivity index (χ4v) is 1.45. The smallest absolute Gasteiger partial charge is 0.252 e. The molecule has 0 radical (unpaired) electrons. The van der Waals surface area contributed by atoms with Gasteiger partial charge in [-0.1, -0.05) is 0 Å². The van der Waals surface area contributed by atoms with E-state index in [4.69, 9.17) is 0 Å². The van der Waals surface area contributed by atoms with Crippen LogP contribution >= 0.6 is 0 Å². The van der Waals surface area contributed by atoms with Crippen molar-refractivity contribution in [2.24, 2.45) is 0 Å². The summed E-state index contributed by atoms with van der Waals surface area (Å²) in [5.41, 5.74) is -0.165. The minimum Gasteiger partial charge on any atom is -0.355 e. The summed E-state index contributed by atoms with van der Waals surface area (Å²) in [6, 6.07) is 2.04. The number of rotatable bonds is 1. The molecule has 2 aromatic rings. The fourth-order valence-electron chi connectivity index (χ4n) is 1.45. The van der Waals surface area contributed by atoms with E-state index < -0.39 is 23.4 Å². The number of hydrogen-bond donors (Lipinski definition) is 1. The number of carbonyl (C=O) groups excluding carboxylic acids is 1. The Morgan fingerprint density at radius 2 is 1.94 bits per heavy atom. The van der Waals surface area contributed by atoms with Gasteiger partial charge in [-0.25, -0.2) is 13.2 Å². The molecule has 1 heterocycles. The number of amides is 1. The zero-order valence-corrected chi connectivity index (χ0v) is 8.72. The Balaban J connectivity index is 2.71. The third kappa shape index (κ3) is 1.82. The molecular weight excluding hydrogens is 233 g/mol. The van der Waals surface area contributed by atoms with Gasteiger partial charge in [0.05, 0.1) is 5.56 Å². The monoisotopic (exact) mass is 240 g/mol. The molecule has 0 aliphatic heterocycles. The zero-order valence-electron chi connectivity index (χ0n) is 8.72. The van der Waals surface area contributed by atoms with Crippen molar-refractivity contribution in [2.75, 3.05) is 7.05 Å². The van der Waals surface area contributed by atoms with Crippen molar-refractivity contribution >= 4 is 16.8 Å². The SMILES string of the molecule is CNC(=O)c1cnc2c(F)c(F)c(F)cc2c1. The van der Waals surface area contributed by atoms with Crippen LogP contribution in [0, 0.1) is 17.5 Å². The van der Waals surface area contributed by atoms with Gasteiger partial charge in [0.2, 0.25) is 0 Å². The first-order valence-electron chi connectivity index (χ1n) is 4.70. The molecule has 88 valence electrons. The lowest BCUT2D eigenvalue weighted by Crippen LogP contribution is -2.17. The number of benzene rings is 1. The highest BCUT2D eigenvalue weighted by Crippen LogP contribution is 2.21. The molecule has 0 bridgehead atoms. The Hall–Kier alpha value is -2.11. The molecule has 1 aromatic heterocycles. The molecule has 3 nitrogen and oxygen atoms in total. The summed E-state index contributed by atoms with van der Waals surface area (Å²) in [5, 5.41) is 2.38. The first kappa shape index (κ1) is 11.4. The molecule has 6 heteroatoms. The van der Waals surface area contributed by atoms with Gasteiger partial charge in [0.25, 0.3) is 5.91 Å². The number of halogens is 3. The van der Waals surface area contributed by atoms with Crippen LogP contribution in [0.25, 0.3) is 10.9 Å². The summed E-state index contributed by atoms with van der Waals surface area (Å²) >= 11 is 0. The predicted octanol–water partition coefficient (Wildman–Crippen LogP) is 2.01. The van der Waals surface area contributed by atoms with Gasteiger partial charge in [-0.2, -0.15) is 0 Å². The maximum atomic E-state index is 13.3. The van der Waals surface area contributed by atoms with Crippen LogP contribution in [0.3, 0.4) is 0 Å². The Labute approximate surface area is 94.3 Å². The molecule has 0 atom stereocenters. The highest BCUT2D eigenvalue weighted by atomic mass is 19.2. The van der Waals surface area contributed by atoms with Gasteiger partial charge < -0.3 is 5.32 Å². The number of fused-ring (bicyclic) bond motifs is 1. The number of pyridine rings is 1. The lowest BCUT2D eigenvalue weighted by Gasteiger charge is -2.04. The molecule has 0 saturated carbocycles. The number of carbonyl (C=O) groups is 1. The second-order valence-electron chi connectivity index (χ2n) is 3.36. The fraction of sp³-hybridized carbons (Fsp3) is 0.0909. The molecule has 0 aliphatic rings. The average Bonchev–Trinajstić information content (AvgIpc) is 2.34. The van der Waals surface area contributed by atoms with Gasteiger partial charge in [0.15, 0.2) is 17.5 Å².